The lowest BCUT2D eigenvalue weighted by Gasteiger charge is -2.62. The van der Waals surface area contributed by atoms with Gasteiger partial charge in [-0.2, -0.15) is 0 Å². The molecule has 6 nitrogen and oxygen atoms in total. The van der Waals surface area contributed by atoms with Gasteiger partial charge >= 0.3 is 0 Å². The van der Waals surface area contributed by atoms with Crippen LogP contribution in [0.2, 0.25) is 0 Å². The second-order valence-electron chi connectivity index (χ2n) is 12.9. The van der Waals surface area contributed by atoms with Gasteiger partial charge in [0.1, 0.15) is 0 Å². The Morgan fingerprint density at radius 2 is 1.06 bits per heavy atom. The predicted octanol–water partition coefficient (Wildman–Crippen LogP) is 2.00. The number of hydrogen-bond acceptors (Lipinski definition) is 6. The van der Waals surface area contributed by atoms with E-state index in [1.54, 1.807) is 0 Å². The molecular weight excluding hydrogens is 392 g/mol. The molecule has 0 bridgehead atoms. The highest BCUT2D eigenvalue weighted by atomic mass is 16.4. The van der Waals surface area contributed by atoms with Crippen molar-refractivity contribution in [2.24, 2.45) is 23.2 Å². The lowest BCUT2D eigenvalue weighted by atomic mass is 9.48. The lowest BCUT2D eigenvalue weighted by molar-refractivity contribution is -0.342. The molecule has 0 unspecified atom stereocenters. The minimum Gasteiger partial charge on any atom is -0.549 e. The van der Waals surface area contributed by atoms with Gasteiger partial charge in [-0.15, -0.1) is 0 Å². The Labute approximate surface area is 188 Å². The van der Waals surface area contributed by atoms with Crippen LogP contribution in [0, 0.1) is 23.2 Å². The fraction of sp³-hybridized carbons (Fsp3) is 0.920. The van der Waals surface area contributed by atoms with Crippen molar-refractivity contribution in [1.29, 1.82) is 0 Å². The summed E-state index contributed by atoms with van der Waals surface area (Å²) in [5.74, 6) is -4.78. The molecule has 2 N–H and O–H groups in total. The summed E-state index contributed by atoms with van der Waals surface area (Å²) in [5.41, 5.74) is -1.85. The smallest absolute Gasteiger partial charge is 0.0507 e. The monoisotopic (exact) mass is 436 g/mol. The number of carboxylic acids is 2. The number of carbonyl (C=O) groups is 2. The van der Waals surface area contributed by atoms with Crippen LogP contribution >= 0.6 is 0 Å². The number of hydrogen-bond donors (Lipinski definition) is 2. The van der Waals surface area contributed by atoms with Gasteiger partial charge in [-0.05, 0) is 105 Å². The molecule has 6 heteroatoms. The van der Waals surface area contributed by atoms with Crippen LogP contribution in [0.3, 0.4) is 0 Å². The molecule has 0 radical (unpaired) electrons. The molecule has 2 aliphatic heterocycles. The Morgan fingerprint density at radius 1 is 0.774 bits per heavy atom. The van der Waals surface area contributed by atoms with E-state index in [9.17, 15) is 19.8 Å². The van der Waals surface area contributed by atoms with Gasteiger partial charge < -0.3 is 30.4 Å². The Balaban J connectivity index is 2.76. The van der Waals surface area contributed by atoms with Crippen molar-refractivity contribution in [1.82, 2.24) is 10.6 Å². The van der Waals surface area contributed by atoms with Crippen molar-refractivity contribution in [3.8, 4) is 0 Å². The summed E-state index contributed by atoms with van der Waals surface area (Å²) in [6.45, 7) is 19.0. The third-order valence-electron chi connectivity index (χ3n) is 7.59. The second kappa shape index (κ2) is 8.33. The first kappa shape index (κ1) is 26.1. The number of piperidine rings is 2. The standard InChI is InChI=1S/C25H46N2O4/c1-10-11-25(18(19(28)29)20(30)31,16-12-21(2,3)26-22(4,5)13-16)17-14-23(6,7)27-24(8,9)15-17/h16-18,26-27H,10-15H2,1-9H3,(H,28,29)(H,30,31)/p-2. The Bertz CT molecular complexity index is 612. The van der Waals surface area contributed by atoms with E-state index in [0.717, 1.165) is 25.7 Å². The zero-order chi connectivity index (χ0) is 24.0. The van der Waals surface area contributed by atoms with E-state index in [0.29, 0.717) is 12.8 Å². The van der Waals surface area contributed by atoms with E-state index in [4.69, 9.17) is 0 Å². The van der Waals surface area contributed by atoms with E-state index < -0.39 is 23.3 Å². The van der Waals surface area contributed by atoms with Crippen molar-refractivity contribution in [2.75, 3.05) is 0 Å². The summed E-state index contributed by atoms with van der Waals surface area (Å²) in [4.78, 5) is 24.9. The van der Waals surface area contributed by atoms with E-state index >= 15 is 0 Å². The minimum absolute atomic E-state index is 0.0748. The van der Waals surface area contributed by atoms with Gasteiger partial charge in [-0.25, -0.2) is 0 Å². The Morgan fingerprint density at radius 3 is 1.29 bits per heavy atom. The van der Waals surface area contributed by atoms with Crippen LogP contribution in [0.1, 0.15) is 101 Å². The van der Waals surface area contributed by atoms with E-state index in [1.807, 2.05) is 6.92 Å². The first-order valence-corrected chi connectivity index (χ1v) is 11.9. The highest BCUT2D eigenvalue weighted by Gasteiger charge is 2.57. The van der Waals surface area contributed by atoms with E-state index in [2.05, 4.69) is 66.0 Å². The van der Waals surface area contributed by atoms with Gasteiger partial charge in [-0.1, -0.05) is 13.3 Å². The molecule has 0 aromatic rings. The molecular formula is C25H44N2O4-2. The Hall–Kier alpha value is -1.14. The van der Waals surface area contributed by atoms with Crippen LogP contribution in [0.15, 0.2) is 0 Å². The van der Waals surface area contributed by atoms with E-state index in [-0.39, 0.29) is 34.0 Å². The first-order chi connectivity index (χ1) is 13.9. The molecule has 2 heterocycles. The van der Waals surface area contributed by atoms with Crippen molar-refractivity contribution in [3.63, 3.8) is 0 Å². The quantitative estimate of drug-likeness (QED) is 0.592. The van der Waals surface area contributed by atoms with Crippen LogP contribution in [-0.4, -0.2) is 34.1 Å². The van der Waals surface area contributed by atoms with Crippen molar-refractivity contribution in [2.45, 2.75) is 123 Å². The molecule has 0 aromatic heterocycles. The molecule has 2 aliphatic rings. The lowest BCUT2D eigenvalue weighted by Crippen LogP contribution is -2.68. The zero-order valence-corrected chi connectivity index (χ0v) is 21.1. The molecule has 2 fully saturated rings. The molecule has 0 aromatic carbocycles. The first-order valence-electron chi connectivity index (χ1n) is 11.9. The molecule has 0 aliphatic carbocycles. The van der Waals surface area contributed by atoms with Crippen molar-refractivity contribution >= 4 is 11.9 Å². The second-order valence-corrected chi connectivity index (χ2v) is 12.9. The van der Waals surface area contributed by atoms with Crippen LogP contribution < -0.4 is 20.8 Å². The minimum atomic E-state index is -1.63. The normalized spacial score (nSPS) is 26.0. The fourth-order valence-corrected chi connectivity index (χ4v) is 7.73. The van der Waals surface area contributed by atoms with Crippen molar-refractivity contribution in [3.05, 3.63) is 0 Å². The maximum atomic E-state index is 12.4. The summed E-state index contributed by atoms with van der Waals surface area (Å²) >= 11 is 0. The predicted molar refractivity (Wildman–Crippen MR) is 119 cm³/mol. The number of rotatable bonds is 7. The number of nitrogens with one attached hydrogen (secondary N) is 2. The third kappa shape index (κ3) is 5.62. The van der Waals surface area contributed by atoms with Gasteiger partial charge in [0.25, 0.3) is 0 Å². The largest absolute Gasteiger partial charge is 0.549 e. The van der Waals surface area contributed by atoms with Gasteiger partial charge in [0.2, 0.25) is 0 Å². The molecule has 0 spiro atoms. The SMILES string of the molecule is CCCC(C1CC(C)(C)NC(C)(C)C1)(C1CC(C)(C)NC(C)(C)C1)C(C(=O)[O-])C(=O)[O-]. The number of aliphatic carboxylic acids is 2. The van der Waals surface area contributed by atoms with Crippen LogP contribution in [0.5, 0.6) is 0 Å². The highest BCUT2D eigenvalue weighted by Crippen LogP contribution is 2.58. The van der Waals surface area contributed by atoms with Gasteiger partial charge in [0, 0.05) is 28.1 Å². The molecule has 2 saturated heterocycles. The molecule has 31 heavy (non-hydrogen) atoms. The van der Waals surface area contributed by atoms with Gasteiger partial charge in [-0.3, -0.25) is 0 Å². The summed E-state index contributed by atoms with van der Waals surface area (Å²) in [5, 5.41) is 32.2. The average molecular weight is 437 g/mol. The fourth-order valence-electron chi connectivity index (χ4n) is 7.73. The Kier molecular flexibility index (Phi) is 7.02. The maximum Gasteiger partial charge on any atom is 0.0507 e. The summed E-state index contributed by atoms with van der Waals surface area (Å²) in [6, 6.07) is 0. The average Bonchev–Trinajstić information content (AvgIpc) is 2.47. The van der Waals surface area contributed by atoms with Crippen LogP contribution in [0.4, 0.5) is 0 Å². The summed E-state index contributed by atoms with van der Waals surface area (Å²) in [6.07, 6.45) is 4.13. The maximum absolute atomic E-state index is 12.4. The molecule has 0 saturated carbocycles. The van der Waals surface area contributed by atoms with Crippen molar-refractivity contribution < 1.29 is 19.8 Å². The topological polar surface area (TPSA) is 104 Å². The summed E-state index contributed by atoms with van der Waals surface area (Å²) < 4.78 is 0. The molecule has 2 rings (SSSR count). The molecule has 0 amide bonds. The molecule has 180 valence electrons. The zero-order valence-electron chi connectivity index (χ0n) is 21.1. The number of carboxylic acid groups (broad SMARTS) is 2. The van der Waals surface area contributed by atoms with Gasteiger partial charge in [0.15, 0.2) is 0 Å². The van der Waals surface area contributed by atoms with Gasteiger partial charge in [0.05, 0.1) is 11.9 Å². The van der Waals surface area contributed by atoms with Crippen LogP contribution in [0.25, 0.3) is 0 Å². The third-order valence-corrected chi connectivity index (χ3v) is 7.59. The van der Waals surface area contributed by atoms with E-state index in [1.165, 1.54) is 0 Å². The highest BCUT2D eigenvalue weighted by molar-refractivity contribution is 5.92. The number of carbonyl (C=O) groups excluding carboxylic acids is 2. The van der Waals surface area contributed by atoms with Crippen LogP contribution in [-0.2, 0) is 9.59 Å². The molecule has 0 atom stereocenters. The summed E-state index contributed by atoms with van der Waals surface area (Å²) in [7, 11) is 0.